The van der Waals surface area contributed by atoms with Gasteiger partial charge in [0.2, 0.25) is 0 Å². The van der Waals surface area contributed by atoms with Crippen molar-refractivity contribution < 1.29 is 14.7 Å². The van der Waals surface area contributed by atoms with E-state index in [1.165, 1.54) is 0 Å². The van der Waals surface area contributed by atoms with E-state index in [1.807, 2.05) is 38.5 Å². The number of carbonyl (C=O) groups is 2. The zero-order valence-electron chi connectivity index (χ0n) is 11.3. The van der Waals surface area contributed by atoms with Crippen molar-refractivity contribution in [2.45, 2.75) is 39.2 Å². The fraction of sp³-hybridized carbons (Fsp3) is 0.538. The molecule has 0 bridgehead atoms. The summed E-state index contributed by atoms with van der Waals surface area (Å²) in [5.74, 6) is -1.03. The Morgan fingerprint density at radius 2 is 2.00 bits per heavy atom. The van der Waals surface area contributed by atoms with Gasteiger partial charge in [-0.05, 0) is 39.3 Å². The average molecular weight is 252 g/mol. The standard InChI is InChI=1S/C13H20N2O3/c1-9-5-6-10(15(9)4)12(18)14-13(2,3)8-7-11(16)17/h5-6H,7-8H2,1-4H3,(H,14,18)(H,16,17). The maximum absolute atomic E-state index is 12.1. The van der Waals surface area contributed by atoms with E-state index in [1.54, 1.807) is 6.07 Å². The molecule has 5 nitrogen and oxygen atoms in total. The second-order valence-corrected chi connectivity index (χ2v) is 5.15. The molecule has 0 aromatic carbocycles. The second-order valence-electron chi connectivity index (χ2n) is 5.15. The smallest absolute Gasteiger partial charge is 0.303 e. The molecular formula is C13H20N2O3. The summed E-state index contributed by atoms with van der Waals surface area (Å²) in [7, 11) is 1.83. The quantitative estimate of drug-likeness (QED) is 0.838. The Bertz CT molecular complexity index is 461. The number of aliphatic carboxylic acids is 1. The van der Waals surface area contributed by atoms with Crippen molar-refractivity contribution in [1.82, 2.24) is 9.88 Å². The number of aryl methyl sites for hydroxylation is 1. The third-order valence-corrected chi connectivity index (χ3v) is 3.02. The number of nitrogens with zero attached hydrogens (tertiary/aromatic N) is 1. The molecule has 0 spiro atoms. The van der Waals surface area contributed by atoms with Gasteiger partial charge in [-0.2, -0.15) is 0 Å². The van der Waals surface area contributed by atoms with Gasteiger partial charge < -0.3 is 15.0 Å². The van der Waals surface area contributed by atoms with E-state index >= 15 is 0 Å². The summed E-state index contributed by atoms with van der Waals surface area (Å²) in [5, 5.41) is 11.5. The number of nitrogens with one attached hydrogen (secondary N) is 1. The fourth-order valence-electron chi connectivity index (χ4n) is 1.69. The van der Waals surface area contributed by atoms with Crippen LogP contribution in [-0.2, 0) is 11.8 Å². The number of carboxylic acid groups (broad SMARTS) is 1. The predicted molar refractivity (Wildman–Crippen MR) is 68.6 cm³/mol. The van der Waals surface area contributed by atoms with Crippen molar-refractivity contribution in [3.8, 4) is 0 Å². The molecule has 0 radical (unpaired) electrons. The molecule has 0 saturated carbocycles. The second kappa shape index (κ2) is 5.25. The van der Waals surface area contributed by atoms with Crippen LogP contribution >= 0.6 is 0 Å². The first-order chi connectivity index (χ1) is 8.23. The largest absolute Gasteiger partial charge is 0.481 e. The number of aromatic nitrogens is 1. The van der Waals surface area contributed by atoms with E-state index in [0.717, 1.165) is 5.69 Å². The van der Waals surface area contributed by atoms with Crippen LogP contribution in [0.2, 0.25) is 0 Å². The molecule has 1 heterocycles. The monoisotopic (exact) mass is 252 g/mol. The van der Waals surface area contributed by atoms with Gasteiger partial charge in [-0.1, -0.05) is 0 Å². The van der Waals surface area contributed by atoms with Crippen LogP contribution in [0.4, 0.5) is 0 Å². The lowest BCUT2D eigenvalue weighted by Crippen LogP contribution is -2.44. The summed E-state index contributed by atoms with van der Waals surface area (Å²) in [6, 6.07) is 3.64. The Morgan fingerprint density at radius 1 is 1.39 bits per heavy atom. The van der Waals surface area contributed by atoms with Gasteiger partial charge in [0.05, 0.1) is 0 Å². The van der Waals surface area contributed by atoms with Gasteiger partial charge in [0.1, 0.15) is 5.69 Å². The average Bonchev–Trinajstić information content (AvgIpc) is 2.56. The molecule has 1 rings (SSSR count). The van der Waals surface area contributed by atoms with Crippen LogP contribution in [0.3, 0.4) is 0 Å². The van der Waals surface area contributed by atoms with Gasteiger partial charge in [0, 0.05) is 24.7 Å². The van der Waals surface area contributed by atoms with Crippen molar-refractivity contribution >= 4 is 11.9 Å². The molecule has 0 atom stereocenters. The molecule has 0 aliphatic rings. The molecule has 0 aliphatic carbocycles. The fourth-order valence-corrected chi connectivity index (χ4v) is 1.69. The van der Waals surface area contributed by atoms with Crippen LogP contribution in [0.15, 0.2) is 12.1 Å². The van der Waals surface area contributed by atoms with Gasteiger partial charge in [-0.15, -0.1) is 0 Å². The number of hydrogen-bond acceptors (Lipinski definition) is 2. The Labute approximate surface area is 107 Å². The molecule has 0 saturated heterocycles. The zero-order valence-corrected chi connectivity index (χ0v) is 11.3. The lowest BCUT2D eigenvalue weighted by molar-refractivity contribution is -0.137. The van der Waals surface area contributed by atoms with Crippen LogP contribution in [0.1, 0.15) is 42.9 Å². The Kier molecular flexibility index (Phi) is 4.16. The minimum Gasteiger partial charge on any atom is -0.481 e. The SMILES string of the molecule is Cc1ccc(C(=O)NC(C)(C)CCC(=O)O)n1C. The van der Waals surface area contributed by atoms with Gasteiger partial charge in [0.25, 0.3) is 5.91 Å². The summed E-state index contributed by atoms with van der Waals surface area (Å²) in [6.45, 7) is 5.57. The summed E-state index contributed by atoms with van der Waals surface area (Å²) in [4.78, 5) is 22.6. The van der Waals surface area contributed by atoms with E-state index in [4.69, 9.17) is 5.11 Å². The van der Waals surface area contributed by atoms with E-state index in [9.17, 15) is 9.59 Å². The third kappa shape index (κ3) is 3.61. The Morgan fingerprint density at radius 3 is 2.44 bits per heavy atom. The minimum absolute atomic E-state index is 0.0411. The topological polar surface area (TPSA) is 71.3 Å². The van der Waals surface area contributed by atoms with E-state index in [0.29, 0.717) is 12.1 Å². The van der Waals surface area contributed by atoms with Crippen LogP contribution in [-0.4, -0.2) is 27.1 Å². The van der Waals surface area contributed by atoms with Crippen LogP contribution < -0.4 is 5.32 Å². The van der Waals surface area contributed by atoms with Crippen molar-refractivity contribution in [2.24, 2.45) is 7.05 Å². The first-order valence-corrected chi connectivity index (χ1v) is 5.89. The van der Waals surface area contributed by atoms with Crippen molar-refractivity contribution in [2.75, 3.05) is 0 Å². The molecule has 1 amide bonds. The number of carboxylic acids is 1. The minimum atomic E-state index is -0.855. The summed E-state index contributed by atoms with van der Waals surface area (Å²) >= 11 is 0. The molecule has 100 valence electrons. The molecule has 1 aromatic heterocycles. The highest BCUT2D eigenvalue weighted by Gasteiger charge is 2.23. The molecule has 1 aromatic rings. The molecule has 2 N–H and O–H groups in total. The van der Waals surface area contributed by atoms with Gasteiger partial charge in [0.15, 0.2) is 0 Å². The Hall–Kier alpha value is -1.78. The maximum Gasteiger partial charge on any atom is 0.303 e. The van der Waals surface area contributed by atoms with Crippen molar-refractivity contribution in [1.29, 1.82) is 0 Å². The molecule has 0 fully saturated rings. The molecule has 18 heavy (non-hydrogen) atoms. The third-order valence-electron chi connectivity index (χ3n) is 3.02. The number of carbonyl (C=O) groups excluding carboxylic acids is 1. The normalized spacial score (nSPS) is 11.3. The number of amides is 1. The van der Waals surface area contributed by atoms with Crippen molar-refractivity contribution in [3.63, 3.8) is 0 Å². The highest BCUT2D eigenvalue weighted by molar-refractivity contribution is 5.93. The van der Waals surface area contributed by atoms with Gasteiger partial charge in [-0.3, -0.25) is 9.59 Å². The summed E-state index contributed by atoms with van der Waals surface area (Å²) < 4.78 is 1.81. The van der Waals surface area contributed by atoms with Crippen LogP contribution in [0.25, 0.3) is 0 Å². The first kappa shape index (κ1) is 14.3. The van der Waals surface area contributed by atoms with E-state index < -0.39 is 11.5 Å². The van der Waals surface area contributed by atoms with Gasteiger partial charge in [-0.25, -0.2) is 0 Å². The van der Waals surface area contributed by atoms with Crippen LogP contribution in [0, 0.1) is 6.92 Å². The maximum atomic E-state index is 12.1. The predicted octanol–water partition coefficient (Wildman–Crippen LogP) is 1.71. The van der Waals surface area contributed by atoms with E-state index in [-0.39, 0.29) is 12.3 Å². The lowest BCUT2D eigenvalue weighted by Gasteiger charge is -2.25. The highest BCUT2D eigenvalue weighted by Crippen LogP contribution is 2.13. The molecular weight excluding hydrogens is 232 g/mol. The van der Waals surface area contributed by atoms with Crippen LogP contribution in [0.5, 0.6) is 0 Å². The molecule has 0 unspecified atom stereocenters. The number of hydrogen-bond donors (Lipinski definition) is 2. The highest BCUT2D eigenvalue weighted by atomic mass is 16.4. The lowest BCUT2D eigenvalue weighted by atomic mass is 9.98. The molecule has 0 aliphatic heterocycles. The summed E-state index contributed by atoms with van der Waals surface area (Å²) in [6.07, 6.45) is 0.441. The zero-order chi connectivity index (χ0) is 13.9. The van der Waals surface area contributed by atoms with E-state index in [2.05, 4.69) is 5.32 Å². The Balaban J connectivity index is 2.69. The first-order valence-electron chi connectivity index (χ1n) is 5.89. The molecule has 5 heteroatoms. The number of rotatable bonds is 5. The van der Waals surface area contributed by atoms with Gasteiger partial charge >= 0.3 is 5.97 Å². The summed E-state index contributed by atoms with van der Waals surface area (Å²) in [5.41, 5.74) is 1.05. The van der Waals surface area contributed by atoms with Crippen molar-refractivity contribution in [3.05, 3.63) is 23.5 Å².